The first kappa shape index (κ1) is 9.93. The maximum atomic E-state index is 11.2. The summed E-state index contributed by atoms with van der Waals surface area (Å²) in [6, 6.07) is 6.71. The van der Waals surface area contributed by atoms with Crippen LogP contribution < -0.4 is 5.56 Å². The first-order valence-corrected chi connectivity index (χ1v) is 4.47. The van der Waals surface area contributed by atoms with Crippen LogP contribution in [0.3, 0.4) is 0 Å². The summed E-state index contributed by atoms with van der Waals surface area (Å²) in [5.74, 6) is -0.0987. The molecule has 16 heavy (non-hydrogen) atoms. The number of aromatic hydroxyl groups is 1. The van der Waals surface area contributed by atoms with E-state index in [1.54, 1.807) is 24.3 Å². The van der Waals surface area contributed by atoms with Gasteiger partial charge >= 0.3 is 0 Å². The number of rotatable bonds is 1. The van der Waals surface area contributed by atoms with Crippen LogP contribution in [0.1, 0.15) is 0 Å². The van der Waals surface area contributed by atoms with Crippen LogP contribution in [0.15, 0.2) is 35.3 Å². The maximum Gasteiger partial charge on any atom is 0.293 e. The van der Waals surface area contributed by atoms with Crippen molar-refractivity contribution in [2.75, 3.05) is 0 Å². The molecule has 0 aliphatic carbocycles. The molecule has 78 valence electrons. The highest BCUT2D eigenvalue weighted by Gasteiger charge is 2.03. The second-order valence-electron chi connectivity index (χ2n) is 3.11. The molecule has 0 aliphatic heterocycles. The SMILES string of the molecule is [C-]#[N+]c1cccc(-c2ncc(O)c(=O)[nH]2)c1. The Balaban J connectivity index is 2.55. The maximum absolute atomic E-state index is 11.2. The lowest BCUT2D eigenvalue weighted by molar-refractivity contribution is 0.463. The summed E-state index contributed by atoms with van der Waals surface area (Å²) >= 11 is 0. The van der Waals surface area contributed by atoms with Gasteiger partial charge in [0.1, 0.15) is 5.82 Å². The molecule has 1 aromatic heterocycles. The molecule has 0 saturated heterocycles. The summed E-state index contributed by atoms with van der Waals surface area (Å²) in [4.78, 5) is 20.7. The predicted molar refractivity (Wildman–Crippen MR) is 58.2 cm³/mol. The monoisotopic (exact) mass is 213 g/mol. The van der Waals surface area contributed by atoms with Gasteiger partial charge in [-0.2, -0.15) is 0 Å². The number of nitrogens with one attached hydrogen (secondary N) is 1. The van der Waals surface area contributed by atoms with E-state index in [1.165, 1.54) is 0 Å². The molecule has 2 N–H and O–H groups in total. The molecule has 0 spiro atoms. The van der Waals surface area contributed by atoms with Crippen LogP contribution in [0.25, 0.3) is 16.2 Å². The van der Waals surface area contributed by atoms with Crippen molar-refractivity contribution in [1.82, 2.24) is 9.97 Å². The summed E-state index contributed by atoms with van der Waals surface area (Å²) in [5.41, 5.74) is 0.497. The van der Waals surface area contributed by atoms with Gasteiger partial charge in [0.25, 0.3) is 5.56 Å². The number of nitrogens with zero attached hydrogens (tertiary/aromatic N) is 2. The fourth-order valence-corrected chi connectivity index (χ4v) is 1.26. The van der Waals surface area contributed by atoms with Crippen LogP contribution in [-0.4, -0.2) is 15.1 Å². The van der Waals surface area contributed by atoms with E-state index in [9.17, 15) is 4.79 Å². The molecule has 0 fully saturated rings. The molecule has 1 heterocycles. The van der Waals surface area contributed by atoms with Crippen LogP contribution >= 0.6 is 0 Å². The topological polar surface area (TPSA) is 70.3 Å². The molecule has 1 aromatic carbocycles. The molecule has 0 atom stereocenters. The Morgan fingerprint density at radius 2 is 2.25 bits per heavy atom. The van der Waals surface area contributed by atoms with Gasteiger partial charge in [-0.05, 0) is 6.07 Å². The van der Waals surface area contributed by atoms with Crippen molar-refractivity contribution < 1.29 is 5.11 Å². The molecule has 0 saturated carbocycles. The van der Waals surface area contributed by atoms with Gasteiger partial charge in [0.2, 0.25) is 0 Å². The minimum atomic E-state index is -0.599. The number of aromatic nitrogens is 2. The summed E-state index contributed by atoms with van der Waals surface area (Å²) in [6.45, 7) is 6.87. The van der Waals surface area contributed by atoms with Gasteiger partial charge in [-0.15, -0.1) is 0 Å². The van der Waals surface area contributed by atoms with Crippen LogP contribution in [0.5, 0.6) is 5.75 Å². The van der Waals surface area contributed by atoms with E-state index in [0.29, 0.717) is 17.1 Å². The van der Waals surface area contributed by atoms with Crippen molar-refractivity contribution in [3.05, 3.63) is 52.2 Å². The van der Waals surface area contributed by atoms with E-state index in [4.69, 9.17) is 11.7 Å². The highest BCUT2D eigenvalue weighted by Crippen LogP contribution is 2.20. The average Bonchev–Trinajstić information content (AvgIpc) is 2.33. The van der Waals surface area contributed by atoms with Gasteiger partial charge < -0.3 is 10.1 Å². The van der Waals surface area contributed by atoms with E-state index in [-0.39, 0.29) is 0 Å². The molecule has 0 bridgehead atoms. The third-order valence-corrected chi connectivity index (χ3v) is 2.03. The summed E-state index contributed by atoms with van der Waals surface area (Å²) in [7, 11) is 0. The minimum Gasteiger partial charge on any atom is -0.502 e. The molecule has 2 rings (SSSR count). The lowest BCUT2D eigenvalue weighted by Crippen LogP contribution is -2.07. The van der Waals surface area contributed by atoms with Gasteiger partial charge in [-0.1, -0.05) is 18.2 Å². The van der Waals surface area contributed by atoms with E-state index >= 15 is 0 Å². The summed E-state index contributed by atoms with van der Waals surface area (Å²) in [5, 5.41) is 9.04. The van der Waals surface area contributed by atoms with Crippen molar-refractivity contribution >= 4 is 5.69 Å². The van der Waals surface area contributed by atoms with Crippen molar-refractivity contribution in [2.24, 2.45) is 0 Å². The van der Waals surface area contributed by atoms with Crippen LogP contribution in [0.4, 0.5) is 5.69 Å². The zero-order valence-electron chi connectivity index (χ0n) is 8.14. The highest BCUT2D eigenvalue weighted by atomic mass is 16.3. The molecule has 0 aliphatic rings. The average molecular weight is 213 g/mol. The van der Waals surface area contributed by atoms with Crippen molar-refractivity contribution in [3.8, 4) is 17.1 Å². The molecule has 5 nitrogen and oxygen atoms in total. The lowest BCUT2D eigenvalue weighted by atomic mass is 10.2. The Kier molecular flexibility index (Phi) is 2.40. The van der Waals surface area contributed by atoms with Crippen LogP contribution in [0.2, 0.25) is 0 Å². The van der Waals surface area contributed by atoms with Gasteiger partial charge in [-0.25, -0.2) is 9.83 Å². The molecule has 5 heteroatoms. The van der Waals surface area contributed by atoms with E-state index in [0.717, 1.165) is 6.20 Å². The summed E-state index contributed by atoms with van der Waals surface area (Å²) in [6.07, 6.45) is 1.08. The quantitative estimate of drug-likeness (QED) is 0.708. The van der Waals surface area contributed by atoms with E-state index in [1.807, 2.05) is 0 Å². The Hall–Kier alpha value is -2.61. The molecule has 0 amide bonds. The Morgan fingerprint density at radius 3 is 2.94 bits per heavy atom. The summed E-state index contributed by atoms with van der Waals surface area (Å²) < 4.78 is 0. The van der Waals surface area contributed by atoms with Gasteiger partial charge in [0, 0.05) is 5.56 Å². The van der Waals surface area contributed by atoms with E-state index < -0.39 is 11.3 Å². The van der Waals surface area contributed by atoms with Crippen LogP contribution in [0, 0.1) is 6.57 Å². The molecule has 0 unspecified atom stereocenters. The third-order valence-electron chi connectivity index (χ3n) is 2.03. The van der Waals surface area contributed by atoms with Gasteiger partial charge in [-0.3, -0.25) is 4.79 Å². The molecule has 2 aromatic rings. The first-order chi connectivity index (χ1) is 7.70. The largest absolute Gasteiger partial charge is 0.502 e. The standard InChI is InChI=1S/C11H7N3O2/c1-12-8-4-2-3-7(5-8)10-13-6-9(15)11(16)14-10/h2-6,15H,(H,13,14,16). The van der Waals surface area contributed by atoms with Gasteiger partial charge in [0.05, 0.1) is 12.8 Å². The predicted octanol–water partition coefficient (Wildman–Crippen LogP) is 1.69. The van der Waals surface area contributed by atoms with Crippen molar-refractivity contribution in [3.63, 3.8) is 0 Å². The van der Waals surface area contributed by atoms with Crippen LogP contribution in [-0.2, 0) is 0 Å². The molecular formula is C11H7N3O2. The Bertz CT molecular complexity index is 626. The number of hydrogen-bond donors (Lipinski definition) is 2. The van der Waals surface area contributed by atoms with E-state index in [2.05, 4.69) is 14.8 Å². The second-order valence-corrected chi connectivity index (χ2v) is 3.11. The fourth-order valence-electron chi connectivity index (χ4n) is 1.26. The Morgan fingerprint density at radius 1 is 1.44 bits per heavy atom. The van der Waals surface area contributed by atoms with Crippen molar-refractivity contribution in [1.29, 1.82) is 0 Å². The number of benzene rings is 1. The van der Waals surface area contributed by atoms with Crippen molar-refractivity contribution in [2.45, 2.75) is 0 Å². The number of aromatic amines is 1. The number of hydrogen-bond acceptors (Lipinski definition) is 3. The second kappa shape index (κ2) is 3.87. The highest BCUT2D eigenvalue weighted by molar-refractivity contribution is 5.62. The minimum absolute atomic E-state index is 0.327. The molecular weight excluding hydrogens is 206 g/mol. The zero-order valence-corrected chi connectivity index (χ0v) is 8.14. The first-order valence-electron chi connectivity index (χ1n) is 4.47. The molecule has 0 radical (unpaired) electrons. The van der Waals surface area contributed by atoms with Gasteiger partial charge in [0.15, 0.2) is 11.4 Å². The smallest absolute Gasteiger partial charge is 0.293 e. The normalized spacial score (nSPS) is 9.69. The third kappa shape index (κ3) is 1.77. The lowest BCUT2D eigenvalue weighted by Gasteiger charge is -2.00. The Labute approximate surface area is 90.9 Å². The number of H-pyrrole nitrogens is 1. The fraction of sp³-hybridized carbons (Fsp3) is 0. The zero-order chi connectivity index (χ0) is 11.5.